The normalized spacial score (nSPS) is 10.0. The van der Waals surface area contributed by atoms with Crippen LogP contribution in [0.3, 0.4) is 0 Å². The fraction of sp³-hybridized carbons (Fsp3) is 0. The number of nitriles is 1. The number of carboxylic acids is 1. The van der Waals surface area contributed by atoms with E-state index in [0.717, 1.165) is 23.1 Å². The minimum absolute atomic E-state index is 0.0984. The molecule has 0 spiro atoms. The van der Waals surface area contributed by atoms with E-state index >= 15 is 0 Å². The molecule has 20 heavy (non-hydrogen) atoms. The van der Waals surface area contributed by atoms with E-state index in [1.807, 2.05) is 0 Å². The maximum absolute atomic E-state index is 11.2. The summed E-state index contributed by atoms with van der Waals surface area (Å²) >= 11 is 5.87. The molecule has 2 aromatic rings. The number of halogens is 1. The molecule has 0 radical (unpaired) electrons. The summed E-state index contributed by atoms with van der Waals surface area (Å²) in [7, 11) is 0. The lowest BCUT2D eigenvalue weighted by atomic mass is 10.1. The summed E-state index contributed by atoms with van der Waals surface area (Å²) in [4.78, 5) is 24.7. The summed E-state index contributed by atoms with van der Waals surface area (Å²) < 4.78 is 0.980. The third kappa shape index (κ3) is 2.27. The summed E-state index contributed by atoms with van der Waals surface area (Å²) in [5.74, 6) is -1.60. The van der Waals surface area contributed by atoms with Crippen molar-refractivity contribution in [3.8, 4) is 11.8 Å². The number of carbonyl (C=O) groups is 1. The first-order chi connectivity index (χ1) is 9.43. The number of nitro benzene ring substituents is 1. The highest BCUT2D eigenvalue weighted by Gasteiger charge is 2.22. The van der Waals surface area contributed by atoms with E-state index in [9.17, 15) is 14.9 Å². The Labute approximate surface area is 115 Å². The second-order valence-electron chi connectivity index (χ2n) is 3.51. The molecule has 0 fully saturated rings. The molecule has 0 saturated carbocycles. The Balaban J connectivity index is 2.72. The Morgan fingerprint density at radius 1 is 1.55 bits per heavy atom. The Hall–Kier alpha value is -2.99. The monoisotopic (exact) mass is 293 g/mol. The molecule has 2 rings (SSSR count). The zero-order chi connectivity index (χ0) is 14.9. The largest absolute Gasteiger partial charge is 0.478 e. The number of carboxylic acid groups (broad SMARTS) is 1. The van der Waals surface area contributed by atoms with E-state index in [-0.39, 0.29) is 16.5 Å². The van der Waals surface area contributed by atoms with Gasteiger partial charge in [0.25, 0.3) is 11.5 Å². The van der Waals surface area contributed by atoms with Crippen molar-refractivity contribution in [3.05, 3.63) is 45.0 Å². The molecular weight excluding hydrogens is 290 g/mol. The highest BCUT2D eigenvalue weighted by atomic mass is 35.5. The number of rotatable bonds is 3. The van der Waals surface area contributed by atoms with Crippen molar-refractivity contribution in [2.24, 2.45) is 0 Å². The van der Waals surface area contributed by atoms with Gasteiger partial charge in [-0.15, -0.1) is 5.10 Å². The van der Waals surface area contributed by atoms with Crippen molar-refractivity contribution < 1.29 is 14.8 Å². The van der Waals surface area contributed by atoms with Crippen LogP contribution in [0.5, 0.6) is 0 Å². The fourth-order valence-corrected chi connectivity index (χ4v) is 1.81. The summed E-state index contributed by atoms with van der Waals surface area (Å²) in [6, 6.07) is 3.53. The summed E-state index contributed by atoms with van der Waals surface area (Å²) in [5.41, 5.74) is -0.978. The summed E-state index contributed by atoms with van der Waals surface area (Å²) in [6.45, 7) is 0. The van der Waals surface area contributed by atoms with Crippen LogP contribution in [-0.4, -0.2) is 30.8 Å². The van der Waals surface area contributed by atoms with Crippen LogP contribution >= 0.6 is 11.6 Å². The van der Waals surface area contributed by atoms with E-state index < -0.39 is 22.1 Å². The zero-order valence-corrected chi connectivity index (χ0v) is 10.3. The number of nitrogens with zero attached hydrogens (tertiary/aromatic N) is 5. The van der Waals surface area contributed by atoms with Gasteiger partial charge in [0, 0.05) is 12.1 Å². The van der Waals surface area contributed by atoms with E-state index in [2.05, 4.69) is 10.1 Å². The van der Waals surface area contributed by atoms with Gasteiger partial charge in [0.1, 0.15) is 18.1 Å². The Morgan fingerprint density at radius 2 is 2.25 bits per heavy atom. The van der Waals surface area contributed by atoms with Crippen molar-refractivity contribution >= 4 is 23.3 Å². The predicted octanol–water partition coefficient (Wildman–Crippen LogP) is 1.40. The highest BCUT2D eigenvalue weighted by molar-refractivity contribution is 6.33. The highest BCUT2D eigenvalue weighted by Crippen LogP contribution is 2.29. The molecule has 1 N–H and O–H groups in total. The lowest BCUT2D eigenvalue weighted by molar-refractivity contribution is -0.384. The van der Waals surface area contributed by atoms with E-state index in [1.165, 1.54) is 0 Å². The topological polar surface area (TPSA) is 135 Å². The van der Waals surface area contributed by atoms with E-state index in [0.29, 0.717) is 0 Å². The van der Waals surface area contributed by atoms with Crippen molar-refractivity contribution in [1.29, 1.82) is 5.26 Å². The molecule has 0 bridgehead atoms. The Bertz CT molecular complexity index is 763. The van der Waals surface area contributed by atoms with Gasteiger partial charge in [-0.2, -0.15) is 5.26 Å². The minimum Gasteiger partial charge on any atom is -0.478 e. The SMILES string of the molecule is N#Cc1ncn(-c2c(Cl)cc([N+](=O)[O-])cc2C(=O)O)n1. The maximum Gasteiger partial charge on any atom is 0.338 e. The van der Waals surface area contributed by atoms with Gasteiger partial charge in [0.2, 0.25) is 0 Å². The second-order valence-corrected chi connectivity index (χ2v) is 3.92. The third-order valence-electron chi connectivity index (χ3n) is 2.31. The van der Waals surface area contributed by atoms with Crippen LogP contribution in [0.1, 0.15) is 16.2 Å². The molecule has 0 aliphatic rings. The van der Waals surface area contributed by atoms with Gasteiger partial charge in [-0.1, -0.05) is 11.6 Å². The number of nitro groups is 1. The number of non-ortho nitro benzene ring substituents is 1. The van der Waals surface area contributed by atoms with Crippen molar-refractivity contribution in [3.63, 3.8) is 0 Å². The van der Waals surface area contributed by atoms with Gasteiger partial charge >= 0.3 is 5.97 Å². The van der Waals surface area contributed by atoms with Crippen molar-refractivity contribution in [2.75, 3.05) is 0 Å². The number of hydrogen-bond donors (Lipinski definition) is 1. The lowest BCUT2D eigenvalue weighted by Crippen LogP contribution is -2.08. The van der Waals surface area contributed by atoms with Crippen LogP contribution in [0.15, 0.2) is 18.5 Å². The first-order valence-corrected chi connectivity index (χ1v) is 5.35. The first kappa shape index (κ1) is 13.4. The number of hydrogen-bond acceptors (Lipinski definition) is 6. The lowest BCUT2D eigenvalue weighted by Gasteiger charge is -2.07. The number of benzene rings is 1. The molecule has 1 heterocycles. The average Bonchev–Trinajstić information content (AvgIpc) is 2.85. The van der Waals surface area contributed by atoms with Crippen LogP contribution in [0.2, 0.25) is 5.02 Å². The molecule has 9 nitrogen and oxygen atoms in total. The van der Waals surface area contributed by atoms with Gasteiger partial charge in [-0.25, -0.2) is 14.5 Å². The first-order valence-electron chi connectivity index (χ1n) is 4.97. The van der Waals surface area contributed by atoms with Crippen molar-refractivity contribution in [1.82, 2.24) is 14.8 Å². The van der Waals surface area contributed by atoms with E-state index in [1.54, 1.807) is 6.07 Å². The van der Waals surface area contributed by atoms with Gasteiger partial charge in [-0.3, -0.25) is 10.1 Å². The van der Waals surface area contributed by atoms with E-state index in [4.69, 9.17) is 22.0 Å². The Kier molecular flexibility index (Phi) is 3.32. The summed E-state index contributed by atoms with van der Waals surface area (Å²) in [6.07, 6.45) is 1.10. The van der Waals surface area contributed by atoms with Crippen LogP contribution in [0.4, 0.5) is 5.69 Å². The molecule has 0 amide bonds. The van der Waals surface area contributed by atoms with Gasteiger partial charge in [0.05, 0.1) is 15.5 Å². The number of aromatic carboxylic acids is 1. The Morgan fingerprint density at radius 3 is 2.75 bits per heavy atom. The summed E-state index contributed by atoms with van der Waals surface area (Å²) in [5, 5.41) is 32.0. The molecule has 100 valence electrons. The molecule has 0 aliphatic heterocycles. The molecular formula is C10H4ClN5O4. The third-order valence-corrected chi connectivity index (χ3v) is 2.60. The van der Waals surface area contributed by atoms with Crippen LogP contribution < -0.4 is 0 Å². The molecule has 0 atom stereocenters. The molecule has 0 unspecified atom stereocenters. The molecule has 0 aliphatic carbocycles. The van der Waals surface area contributed by atoms with Crippen LogP contribution in [0, 0.1) is 21.4 Å². The average molecular weight is 294 g/mol. The smallest absolute Gasteiger partial charge is 0.338 e. The predicted molar refractivity (Wildman–Crippen MR) is 64.7 cm³/mol. The second kappa shape index (κ2) is 4.94. The van der Waals surface area contributed by atoms with Crippen molar-refractivity contribution in [2.45, 2.75) is 0 Å². The molecule has 0 saturated heterocycles. The fourth-order valence-electron chi connectivity index (χ4n) is 1.51. The number of aromatic nitrogens is 3. The van der Waals surface area contributed by atoms with Gasteiger partial charge in [0.15, 0.2) is 0 Å². The quantitative estimate of drug-likeness (QED) is 0.667. The van der Waals surface area contributed by atoms with Crippen LogP contribution in [-0.2, 0) is 0 Å². The maximum atomic E-state index is 11.2. The minimum atomic E-state index is -1.42. The standard InChI is InChI=1S/C10H4ClN5O4/c11-7-2-5(16(19)20)1-6(10(17)18)9(7)15-4-13-8(3-12)14-15/h1-2,4H,(H,17,18). The molecule has 1 aromatic carbocycles. The molecule has 10 heteroatoms. The zero-order valence-electron chi connectivity index (χ0n) is 9.52. The van der Waals surface area contributed by atoms with Gasteiger partial charge in [-0.05, 0) is 0 Å². The molecule has 1 aromatic heterocycles. The van der Waals surface area contributed by atoms with Gasteiger partial charge < -0.3 is 5.11 Å². The van der Waals surface area contributed by atoms with Crippen LogP contribution in [0.25, 0.3) is 5.69 Å².